The molecule has 7 aliphatic rings. The number of aliphatic imine (C=N–C) groups is 1. The predicted molar refractivity (Wildman–Crippen MR) is 230 cm³/mol. The molecule has 0 aromatic heterocycles. The average Bonchev–Trinajstić information content (AvgIpc) is 3.98. The summed E-state index contributed by atoms with van der Waals surface area (Å²) in [6.07, 6.45) is 14.4. The first kappa shape index (κ1) is 41.6. The highest BCUT2D eigenvalue weighted by atomic mass is 32.2. The van der Waals surface area contributed by atoms with E-state index in [1.165, 1.54) is 43.2 Å². The van der Waals surface area contributed by atoms with Crippen molar-refractivity contribution in [1.29, 1.82) is 0 Å². The molecular weight excluding hydrogens is 733 g/mol. The van der Waals surface area contributed by atoms with E-state index in [0.717, 1.165) is 65.2 Å². The van der Waals surface area contributed by atoms with Gasteiger partial charge in [-0.1, -0.05) is 66.7 Å². The van der Waals surface area contributed by atoms with Crippen LogP contribution >= 0.6 is 0 Å². The molecule has 0 spiro atoms. The molecule has 4 aliphatic carbocycles. The van der Waals surface area contributed by atoms with Crippen molar-refractivity contribution in [1.82, 2.24) is 15.1 Å². The van der Waals surface area contributed by atoms with E-state index >= 15 is 0 Å². The molecule has 10 heteroatoms. The van der Waals surface area contributed by atoms with Gasteiger partial charge in [-0.15, -0.1) is 0 Å². The van der Waals surface area contributed by atoms with Crippen molar-refractivity contribution in [3.05, 3.63) is 41.5 Å². The lowest BCUT2D eigenvalue weighted by atomic mass is 9.32. The molecule has 1 aromatic carbocycles. The minimum absolute atomic E-state index is 0.0212. The maximum atomic E-state index is 12.2. The Balaban J connectivity index is 1.10. The van der Waals surface area contributed by atoms with E-state index < -0.39 is 15.8 Å². The molecule has 1 aromatic rings. The van der Waals surface area contributed by atoms with Crippen molar-refractivity contribution in [2.75, 3.05) is 70.5 Å². The third-order valence-corrected chi connectivity index (χ3v) is 20.0. The second-order valence-corrected chi connectivity index (χ2v) is 23.3. The Morgan fingerprint density at radius 2 is 1.61 bits per heavy atom. The topological polar surface area (TPSA) is 112 Å². The number of hydrogen-bond donors (Lipinski definition) is 2. The van der Waals surface area contributed by atoms with E-state index in [0.29, 0.717) is 48.2 Å². The van der Waals surface area contributed by atoms with Crippen LogP contribution in [0.4, 0.5) is 0 Å². The van der Waals surface area contributed by atoms with Crippen LogP contribution in [0.5, 0.6) is 0 Å². The number of allylic oxidation sites excluding steroid dienone is 2. The molecule has 10 unspecified atom stereocenters. The van der Waals surface area contributed by atoms with Crippen LogP contribution in [0.1, 0.15) is 116 Å². The molecule has 57 heavy (non-hydrogen) atoms. The van der Waals surface area contributed by atoms with Gasteiger partial charge in [0.05, 0.1) is 30.3 Å². The summed E-state index contributed by atoms with van der Waals surface area (Å²) in [7, 11) is -2.91. The Hall–Kier alpha value is -2.11. The lowest BCUT2D eigenvalue weighted by molar-refractivity contribution is -0.224. The quantitative estimate of drug-likeness (QED) is 0.240. The maximum Gasteiger partial charge on any atom is 0.335 e. The number of carboxylic acids is 1. The Bertz CT molecular complexity index is 1840. The normalized spacial score (nSPS) is 41.9. The van der Waals surface area contributed by atoms with Crippen LogP contribution in [0.3, 0.4) is 0 Å². The summed E-state index contributed by atoms with van der Waals surface area (Å²) in [6, 6.07) is 7.60. The number of fused-ring (bicyclic) bond motifs is 5. The highest BCUT2D eigenvalue weighted by Crippen LogP contribution is 2.76. The number of benzene rings is 1. The Kier molecular flexibility index (Phi) is 10.8. The summed E-state index contributed by atoms with van der Waals surface area (Å²) < 4.78 is 30.2. The van der Waals surface area contributed by atoms with Crippen molar-refractivity contribution >= 4 is 27.6 Å². The van der Waals surface area contributed by atoms with Crippen LogP contribution in [-0.2, 0) is 14.6 Å². The Labute approximate surface area is 343 Å². The first-order valence-electron chi connectivity index (χ1n) is 22.5. The summed E-state index contributed by atoms with van der Waals surface area (Å²) in [5.74, 6) is 2.21. The first-order chi connectivity index (χ1) is 26.9. The number of rotatable bonds is 11. The number of carboxylic acid groups (broad SMARTS) is 1. The fourth-order valence-corrected chi connectivity index (χ4v) is 16.2. The van der Waals surface area contributed by atoms with Gasteiger partial charge in [-0.2, -0.15) is 0 Å². The van der Waals surface area contributed by atoms with Gasteiger partial charge in [0.15, 0.2) is 9.84 Å². The summed E-state index contributed by atoms with van der Waals surface area (Å²) in [5, 5.41) is 13.9. The van der Waals surface area contributed by atoms with Crippen molar-refractivity contribution in [2.24, 2.45) is 56.2 Å². The third kappa shape index (κ3) is 6.82. The molecule has 8 rings (SSSR count). The smallest absolute Gasteiger partial charge is 0.335 e. The number of aromatic carboxylic acids is 1. The third-order valence-electron chi connectivity index (χ3n) is 18.4. The molecule has 3 aliphatic heterocycles. The first-order valence-corrected chi connectivity index (χ1v) is 24.4. The van der Waals surface area contributed by atoms with E-state index in [2.05, 4.69) is 75.9 Å². The summed E-state index contributed by atoms with van der Waals surface area (Å²) in [5.41, 5.74) is 3.24. The molecular formula is C47H72N4O5S. The summed E-state index contributed by atoms with van der Waals surface area (Å²) >= 11 is 0. The van der Waals surface area contributed by atoms with Crippen molar-refractivity contribution in [2.45, 2.75) is 111 Å². The van der Waals surface area contributed by atoms with Gasteiger partial charge in [-0.05, 0) is 120 Å². The maximum absolute atomic E-state index is 12.2. The molecule has 9 nitrogen and oxygen atoms in total. The van der Waals surface area contributed by atoms with Crippen LogP contribution < -0.4 is 5.32 Å². The second-order valence-electron chi connectivity index (χ2n) is 21.0. The molecule has 3 saturated carbocycles. The molecule has 5 fully saturated rings. The molecule has 316 valence electrons. The minimum Gasteiger partial charge on any atom is -0.478 e. The Morgan fingerprint density at radius 1 is 0.930 bits per heavy atom. The average molecular weight is 805 g/mol. The monoisotopic (exact) mass is 805 g/mol. The van der Waals surface area contributed by atoms with Gasteiger partial charge < -0.3 is 20.1 Å². The Morgan fingerprint density at radius 3 is 2.25 bits per heavy atom. The largest absolute Gasteiger partial charge is 0.478 e. The standard InChI is InChI=1S/C47H72N4O5S/c1-8-46(48-21-22-50-25-29-57(54,55)30-26-50)20-19-44(6)37(40(46)47(32-49-47)33(2)31-51-23-27-56-28-24-51)13-14-39-43(5)17-15-36(34-9-11-35(12-10-34)41(52)53)42(3,4)38(43)16-18-45(39,44)7/h9-12,15,32-33,37-40,48H,8,13-14,16-31H2,1-7H3,(H,52,53). The van der Waals surface area contributed by atoms with Crippen LogP contribution in [0.2, 0.25) is 0 Å². The summed E-state index contributed by atoms with van der Waals surface area (Å²) in [4.78, 5) is 22.1. The van der Waals surface area contributed by atoms with Gasteiger partial charge in [0.25, 0.3) is 0 Å². The number of morpholine rings is 1. The fourth-order valence-electron chi connectivity index (χ4n) is 14.9. The number of ether oxygens (including phenoxy) is 1. The molecule has 0 amide bonds. The zero-order chi connectivity index (χ0) is 40.6. The van der Waals surface area contributed by atoms with E-state index in [1.54, 1.807) is 12.1 Å². The van der Waals surface area contributed by atoms with Gasteiger partial charge in [0.1, 0.15) is 5.54 Å². The van der Waals surface area contributed by atoms with Gasteiger partial charge >= 0.3 is 5.97 Å². The van der Waals surface area contributed by atoms with E-state index in [-0.39, 0.29) is 44.2 Å². The van der Waals surface area contributed by atoms with Crippen molar-refractivity contribution in [3.8, 4) is 0 Å². The molecule has 3 heterocycles. The van der Waals surface area contributed by atoms with Crippen molar-refractivity contribution in [3.63, 3.8) is 0 Å². The zero-order valence-corrected chi connectivity index (χ0v) is 36.9. The molecule has 2 N–H and O–H groups in total. The minimum atomic E-state index is -2.91. The van der Waals surface area contributed by atoms with E-state index in [9.17, 15) is 18.3 Å². The molecule has 0 radical (unpaired) electrons. The predicted octanol–water partition coefficient (Wildman–Crippen LogP) is 7.32. The van der Waals surface area contributed by atoms with Crippen LogP contribution in [0, 0.1) is 51.2 Å². The lowest BCUT2D eigenvalue weighted by Crippen LogP contribution is -2.71. The van der Waals surface area contributed by atoms with Crippen LogP contribution in [0.25, 0.3) is 5.57 Å². The van der Waals surface area contributed by atoms with Gasteiger partial charge in [-0.3, -0.25) is 9.89 Å². The number of nitrogens with one attached hydrogen (secondary N) is 1. The number of sulfone groups is 1. The van der Waals surface area contributed by atoms with E-state index in [1.807, 2.05) is 12.1 Å². The summed E-state index contributed by atoms with van der Waals surface area (Å²) in [6.45, 7) is 25.6. The van der Waals surface area contributed by atoms with Crippen LogP contribution in [-0.4, -0.2) is 117 Å². The van der Waals surface area contributed by atoms with Gasteiger partial charge in [0.2, 0.25) is 0 Å². The highest BCUT2D eigenvalue weighted by Gasteiger charge is 2.72. The highest BCUT2D eigenvalue weighted by molar-refractivity contribution is 7.91. The van der Waals surface area contributed by atoms with Gasteiger partial charge in [0, 0.05) is 63.5 Å². The number of nitrogens with zero attached hydrogens (tertiary/aromatic N) is 3. The SMILES string of the molecule is CCC1(NCCN2CCS(=O)(=O)CC2)CCC2(C)C(CCC3C4(C)CC=C(c5ccc(C(=O)O)cc5)C(C)(C)C4CCC32C)C1C1(C(C)CN2CCOCC2)C=N1. The molecule has 10 atom stereocenters. The van der Waals surface area contributed by atoms with E-state index in [4.69, 9.17) is 9.73 Å². The zero-order valence-electron chi connectivity index (χ0n) is 36.1. The van der Waals surface area contributed by atoms with Gasteiger partial charge in [-0.25, -0.2) is 13.2 Å². The molecule has 0 bridgehead atoms. The fraction of sp³-hybridized carbons (Fsp3) is 0.787. The molecule has 2 saturated heterocycles. The van der Waals surface area contributed by atoms with Crippen LogP contribution in [0.15, 0.2) is 35.3 Å². The number of hydrogen-bond acceptors (Lipinski definition) is 8. The van der Waals surface area contributed by atoms with Crippen molar-refractivity contribution < 1.29 is 23.1 Å². The number of carbonyl (C=O) groups is 1. The second kappa shape index (κ2) is 14.8. The lowest BCUT2D eigenvalue weighted by Gasteiger charge is -2.73.